The van der Waals surface area contributed by atoms with Crippen LogP contribution in [0.1, 0.15) is 30.2 Å². The first-order chi connectivity index (χ1) is 13.3. The van der Waals surface area contributed by atoms with E-state index in [0.29, 0.717) is 23.8 Å². The Balaban J connectivity index is 1.46. The second-order valence-corrected chi connectivity index (χ2v) is 8.45. The molecule has 0 saturated carbocycles. The highest BCUT2D eigenvalue weighted by molar-refractivity contribution is 8.00. The monoisotopic (exact) mass is 399 g/mol. The van der Waals surface area contributed by atoms with E-state index in [4.69, 9.17) is 4.74 Å². The van der Waals surface area contributed by atoms with E-state index in [1.54, 1.807) is 17.7 Å². The van der Waals surface area contributed by atoms with Crippen LogP contribution >= 0.6 is 23.1 Å². The zero-order valence-electron chi connectivity index (χ0n) is 15.2. The molecule has 3 aromatic rings. The predicted molar refractivity (Wildman–Crippen MR) is 111 cm³/mol. The van der Waals surface area contributed by atoms with E-state index < -0.39 is 0 Å². The molecule has 0 spiro atoms. The fourth-order valence-electron chi connectivity index (χ4n) is 3.24. The quantitative estimate of drug-likeness (QED) is 0.461. The molecule has 2 aromatic heterocycles. The SMILES string of the molecule is CCCOc1ccccc1NC(=O)CSc1ncnc2sc3c(c12)CCC3. The van der Waals surface area contributed by atoms with Crippen LogP contribution in [-0.4, -0.2) is 28.2 Å². The molecule has 0 radical (unpaired) electrons. The lowest BCUT2D eigenvalue weighted by Gasteiger charge is -2.11. The van der Waals surface area contributed by atoms with Crippen molar-refractivity contribution in [3.63, 3.8) is 0 Å². The van der Waals surface area contributed by atoms with Gasteiger partial charge in [0.15, 0.2) is 0 Å². The van der Waals surface area contributed by atoms with Gasteiger partial charge in [0.2, 0.25) is 5.91 Å². The highest BCUT2D eigenvalue weighted by atomic mass is 32.2. The summed E-state index contributed by atoms with van der Waals surface area (Å²) in [7, 11) is 0. The molecule has 0 saturated heterocycles. The summed E-state index contributed by atoms with van der Waals surface area (Å²) in [4.78, 5) is 23.8. The molecule has 0 aliphatic heterocycles. The minimum Gasteiger partial charge on any atom is -0.491 e. The van der Waals surface area contributed by atoms with Gasteiger partial charge >= 0.3 is 0 Å². The van der Waals surface area contributed by atoms with Gasteiger partial charge in [0.1, 0.15) is 21.9 Å². The summed E-state index contributed by atoms with van der Waals surface area (Å²) in [6.45, 7) is 2.69. The first kappa shape index (κ1) is 18.3. The number of anilines is 1. The van der Waals surface area contributed by atoms with Gasteiger partial charge in [-0.15, -0.1) is 11.3 Å². The molecular weight excluding hydrogens is 378 g/mol. The minimum atomic E-state index is -0.0637. The number of para-hydroxylation sites is 2. The van der Waals surface area contributed by atoms with E-state index in [0.717, 1.165) is 34.5 Å². The molecular formula is C20H21N3O2S2. The lowest BCUT2D eigenvalue weighted by molar-refractivity contribution is -0.113. The van der Waals surface area contributed by atoms with Gasteiger partial charge in [-0.3, -0.25) is 4.79 Å². The van der Waals surface area contributed by atoms with Crippen molar-refractivity contribution in [1.29, 1.82) is 0 Å². The van der Waals surface area contributed by atoms with Crippen LogP contribution in [0.5, 0.6) is 5.75 Å². The van der Waals surface area contributed by atoms with Crippen molar-refractivity contribution in [3.05, 3.63) is 41.0 Å². The maximum Gasteiger partial charge on any atom is 0.234 e. The highest BCUT2D eigenvalue weighted by Crippen LogP contribution is 2.40. The minimum absolute atomic E-state index is 0.0637. The molecule has 1 aliphatic carbocycles. The van der Waals surface area contributed by atoms with Crippen LogP contribution in [-0.2, 0) is 17.6 Å². The Hall–Kier alpha value is -2.12. The van der Waals surface area contributed by atoms with Crippen LogP contribution in [0.3, 0.4) is 0 Å². The average molecular weight is 400 g/mol. The molecule has 5 nitrogen and oxygen atoms in total. The molecule has 0 bridgehead atoms. The van der Waals surface area contributed by atoms with Crippen LogP contribution in [0.25, 0.3) is 10.2 Å². The van der Waals surface area contributed by atoms with Crippen molar-refractivity contribution in [1.82, 2.24) is 9.97 Å². The number of thioether (sulfide) groups is 1. The number of amides is 1. The number of aromatic nitrogens is 2. The Bertz CT molecular complexity index is 971. The van der Waals surface area contributed by atoms with Crippen LogP contribution in [0, 0.1) is 0 Å². The molecule has 27 heavy (non-hydrogen) atoms. The van der Waals surface area contributed by atoms with E-state index in [-0.39, 0.29) is 5.91 Å². The summed E-state index contributed by atoms with van der Waals surface area (Å²) < 4.78 is 5.71. The highest BCUT2D eigenvalue weighted by Gasteiger charge is 2.21. The van der Waals surface area contributed by atoms with Gasteiger partial charge in [0, 0.05) is 10.3 Å². The molecule has 1 aliphatic rings. The van der Waals surface area contributed by atoms with Gasteiger partial charge in [-0.1, -0.05) is 30.8 Å². The summed E-state index contributed by atoms with van der Waals surface area (Å²) >= 11 is 3.24. The molecule has 0 unspecified atom stereocenters. The average Bonchev–Trinajstić information content (AvgIpc) is 3.27. The van der Waals surface area contributed by atoms with Gasteiger partial charge < -0.3 is 10.1 Å². The number of rotatable bonds is 7. The summed E-state index contributed by atoms with van der Waals surface area (Å²) in [5.41, 5.74) is 2.10. The Kier molecular flexibility index (Phi) is 5.59. The number of carbonyl (C=O) groups excluding carboxylic acids is 1. The van der Waals surface area contributed by atoms with E-state index in [9.17, 15) is 4.79 Å². The Labute approximate surface area is 166 Å². The second-order valence-electron chi connectivity index (χ2n) is 6.40. The maximum absolute atomic E-state index is 12.5. The van der Waals surface area contributed by atoms with Crippen molar-refractivity contribution < 1.29 is 9.53 Å². The fourth-order valence-corrected chi connectivity index (χ4v) is 5.36. The van der Waals surface area contributed by atoms with Crippen molar-refractivity contribution in [3.8, 4) is 5.75 Å². The van der Waals surface area contributed by atoms with Crippen molar-refractivity contribution in [2.24, 2.45) is 0 Å². The topological polar surface area (TPSA) is 64.1 Å². The number of carbonyl (C=O) groups is 1. The number of thiophene rings is 1. The molecule has 1 aromatic carbocycles. The number of fused-ring (bicyclic) bond motifs is 3. The molecule has 7 heteroatoms. The number of benzene rings is 1. The summed E-state index contributed by atoms with van der Waals surface area (Å²) in [6.07, 6.45) is 5.94. The van der Waals surface area contributed by atoms with Crippen molar-refractivity contribution >= 4 is 44.9 Å². The van der Waals surface area contributed by atoms with E-state index in [1.165, 1.54) is 28.6 Å². The van der Waals surface area contributed by atoms with Crippen LogP contribution < -0.4 is 10.1 Å². The van der Waals surface area contributed by atoms with Crippen LogP contribution in [0.2, 0.25) is 0 Å². The number of hydrogen-bond donors (Lipinski definition) is 1. The van der Waals surface area contributed by atoms with Crippen molar-refractivity contribution in [2.75, 3.05) is 17.7 Å². The molecule has 0 fully saturated rings. The molecule has 140 valence electrons. The van der Waals surface area contributed by atoms with Crippen LogP contribution in [0.15, 0.2) is 35.6 Å². The standard InChI is InChI=1S/C20H21N3O2S2/c1-2-10-25-15-8-4-3-7-14(15)23-17(24)11-26-19-18-13-6-5-9-16(13)27-20(18)22-12-21-19/h3-4,7-8,12H,2,5-6,9-11H2,1H3,(H,23,24). The smallest absolute Gasteiger partial charge is 0.234 e. The van der Waals surface area contributed by atoms with Crippen LogP contribution in [0.4, 0.5) is 5.69 Å². The third kappa shape index (κ3) is 3.94. The predicted octanol–water partition coefficient (Wildman–Crippen LogP) is 4.70. The van der Waals surface area contributed by atoms with Gasteiger partial charge in [0.05, 0.1) is 18.0 Å². The second kappa shape index (κ2) is 8.27. The Morgan fingerprint density at radius 3 is 3.07 bits per heavy atom. The van der Waals surface area contributed by atoms with E-state index >= 15 is 0 Å². The van der Waals surface area contributed by atoms with E-state index in [1.807, 2.05) is 24.3 Å². The Morgan fingerprint density at radius 1 is 1.30 bits per heavy atom. The first-order valence-corrected chi connectivity index (χ1v) is 11.0. The number of ether oxygens (including phenoxy) is 1. The molecule has 1 amide bonds. The number of nitrogens with one attached hydrogen (secondary N) is 1. The number of hydrogen-bond acceptors (Lipinski definition) is 6. The van der Waals surface area contributed by atoms with Gasteiger partial charge in [0.25, 0.3) is 0 Å². The zero-order chi connectivity index (χ0) is 18.6. The molecule has 4 rings (SSSR count). The largest absolute Gasteiger partial charge is 0.491 e. The lowest BCUT2D eigenvalue weighted by Crippen LogP contribution is -2.15. The fraction of sp³-hybridized carbons (Fsp3) is 0.350. The molecule has 1 N–H and O–H groups in total. The van der Waals surface area contributed by atoms with Crippen molar-refractivity contribution in [2.45, 2.75) is 37.6 Å². The zero-order valence-corrected chi connectivity index (χ0v) is 16.8. The summed E-state index contributed by atoms with van der Waals surface area (Å²) in [5.74, 6) is 0.947. The molecule has 2 heterocycles. The van der Waals surface area contributed by atoms with E-state index in [2.05, 4.69) is 22.2 Å². The summed E-state index contributed by atoms with van der Waals surface area (Å²) in [6, 6.07) is 7.54. The third-order valence-electron chi connectivity index (χ3n) is 4.43. The number of nitrogens with zero attached hydrogens (tertiary/aromatic N) is 2. The summed E-state index contributed by atoms with van der Waals surface area (Å²) in [5, 5.41) is 5.02. The normalized spacial score (nSPS) is 12.9. The lowest BCUT2D eigenvalue weighted by atomic mass is 10.2. The Morgan fingerprint density at radius 2 is 2.19 bits per heavy atom. The van der Waals surface area contributed by atoms with Gasteiger partial charge in [-0.05, 0) is 43.4 Å². The number of aryl methyl sites for hydroxylation is 2. The molecule has 0 atom stereocenters. The van der Waals surface area contributed by atoms with Gasteiger partial charge in [-0.25, -0.2) is 9.97 Å². The first-order valence-electron chi connectivity index (χ1n) is 9.16. The van der Waals surface area contributed by atoms with Gasteiger partial charge in [-0.2, -0.15) is 0 Å². The maximum atomic E-state index is 12.5. The third-order valence-corrected chi connectivity index (χ3v) is 6.62.